The lowest BCUT2D eigenvalue weighted by Gasteiger charge is -2.13. The van der Waals surface area contributed by atoms with E-state index >= 15 is 0 Å². The highest BCUT2D eigenvalue weighted by molar-refractivity contribution is 6.30. The summed E-state index contributed by atoms with van der Waals surface area (Å²) in [5.74, 6) is -0.478. The fourth-order valence-corrected chi connectivity index (χ4v) is 2.72. The van der Waals surface area contributed by atoms with Crippen LogP contribution in [0.2, 0.25) is 5.02 Å². The maximum Gasteiger partial charge on any atom is 0.405 e. The van der Waals surface area contributed by atoms with Crippen LogP contribution in [0.25, 0.3) is 22.4 Å². The van der Waals surface area contributed by atoms with Gasteiger partial charge in [-0.1, -0.05) is 23.7 Å². The quantitative estimate of drug-likeness (QED) is 0.645. The summed E-state index contributed by atoms with van der Waals surface area (Å²) in [6, 6.07) is 11.7. The van der Waals surface area contributed by atoms with Crippen molar-refractivity contribution in [3.63, 3.8) is 0 Å². The standard InChI is InChI=1S/C20H15ClF3N3O2/c1-29-17-7-4-13(9-25-17)16-8-14(19(28)27-11-20(22,23)24)10-26-18(16)12-2-5-15(21)6-3-12/h2-10H,11H2,1H3,(H,27,28). The fraction of sp³-hybridized carbons (Fsp3) is 0.150. The number of methoxy groups -OCH3 is 1. The molecule has 0 saturated heterocycles. The predicted molar refractivity (Wildman–Crippen MR) is 103 cm³/mol. The minimum absolute atomic E-state index is 0.00205. The Balaban J connectivity index is 2.04. The Labute approximate surface area is 169 Å². The first-order valence-electron chi connectivity index (χ1n) is 8.38. The molecule has 0 saturated carbocycles. The van der Waals surface area contributed by atoms with Crippen LogP contribution < -0.4 is 10.1 Å². The monoisotopic (exact) mass is 421 g/mol. The Morgan fingerprint density at radius 1 is 1.07 bits per heavy atom. The number of halogens is 4. The van der Waals surface area contributed by atoms with Crippen molar-refractivity contribution in [3.8, 4) is 28.3 Å². The van der Waals surface area contributed by atoms with Crippen molar-refractivity contribution in [1.82, 2.24) is 15.3 Å². The SMILES string of the molecule is COc1ccc(-c2cc(C(=O)NCC(F)(F)F)cnc2-c2ccc(Cl)cc2)cn1. The molecule has 2 heterocycles. The van der Waals surface area contributed by atoms with Gasteiger partial charge in [0.15, 0.2) is 0 Å². The molecule has 1 amide bonds. The molecule has 2 aromatic heterocycles. The number of pyridine rings is 2. The summed E-state index contributed by atoms with van der Waals surface area (Å²) in [5.41, 5.74) is 2.40. The molecule has 0 aliphatic rings. The molecule has 1 N–H and O–H groups in total. The molecule has 150 valence electrons. The van der Waals surface area contributed by atoms with Crippen molar-refractivity contribution in [2.45, 2.75) is 6.18 Å². The summed E-state index contributed by atoms with van der Waals surface area (Å²) < 4.78 is 42.3. The van der Waals surface area contributed by atoms with E-state index in [0.717, 1.165) is 5.56 Å². The van der Waals surface area contributed by atoms with E-state index < -0.39 is 18.6 Å². The number of nitrogens with zero attached hydrogens (tertiary/aromatic N) is 2. The maximum atomic E-state index is 12.4. The number of hydrogen-bond acceptors (Lipinski definition) is 4. The van der Waals surface area contributed by atoms with Gasteiger partial charge in [0.05, 0.1) is 18.4 Å². The predicted octanol–water partition coefficient (Wildman–Crippen LogP) is 4.76. The topological polar surface area (TPSA) is 64.1 Å². The van der Waals surface area contributed by atoms with Crippen LogP contribution >= 0.6 is 11.6 Å². The van der Waals surface area contributed by atoms with Gasteiger partial charge in [0, 0.05) is 40.2 Å². The molecule has 0 spiro atoms. The number of aromatic nitrogens is 2. The number of rotatable bonds is 5. The highest BCUT2D eigenvalue weighted by atomic mass is 35.5. The first-order valence-corrected chi connectivity index (χ1v) is 8.76. The number of benzene rings is 1. The molecule has 3 aromatic rings. The zero-order chi connectivity index (χ0) is 21.0. The van der Waals surface area contributed by atoms with Crippen LogP contribution in [0.15, 0.2) is 54.9 Å². The summed E-state index contributed by atoms with van der Waals surface area (Å²) >= 11 is 5.94. The molecule has 0 radical (unpaired) electrons. The summed E-state index contributed by atoms with van der Waals surface area (Å²) in [5, 5.41) is 2.39. The number of ether oxygens (including phenoxy) is 1. The van der Waals surface area contributed by atoms with Crippen LogP contribution in [-0.4, -0.2) is 35.7 Å². The number of nitrogens with one attached hydrogen (secondary N) is 1. The first-order chi connectivity index (χ1) is 13.8. The highest BCUT2D eigenvalue weighted by Crippen LogP contribution is 2.32. The van der Waals surface area contributed by atoms with E-state index in [9.17, 15) is 18.0 Å². The van der Waals surface area contributed by atoms with E-state index in [-0.39, 0.29) is 5.56 Å². The van der Waals surface area contributed by atoms with Gasteiger partial charge in [0.1, 0.15) is 6.54 Å². The third-order valence-electron chi connectivity index (χ3n) is 3.97. The second-order valence-corrected chi connectivity index (χ2v) is 6.45. The van der Waals surface area contributed by atoms with Crippen molar-refractivity contribution >= 4 is 17.5 Å². The lowest BCUT2D eigenvalue weighted by molar-refractivity contribution is -0.123. The van der Waals surface area contributed by atoms with E-state index in [4.69, 9.17) is 16.3 Å². The summed E-state index contributed by atoms with van der Waals surface area (Å²) in [7, 11) is 1.48. The van der Waals surface area contributed by atoms with Gasteiger partial charge >= 0.3 is 6.18 Å². The average molecular weight is 422 g/mol. The Morgan fingerprint density at radius 2 is 1.76 bits per heavy atom. The molecular formula is C20H15ClF3N3O2. The second-order valence-electron chi connectivity index (χ2n) is 6.01. The highest BCUT2D eigenvalue weighted by Gasteiger charge is 2.28. The number of carbonyl (C=O) groups excluding carboxylic acids is 1. The average Bonchev–Trinajstić information content (AvgIpc) is 2.72. The number of amides is 1. The van der Waals surface area contributed by atoms with Gasteiger partial charge < -0.3 is 10.1 Å². The van der Waals surface area contributed by atoms with E-state index in [1.165, 1.54) is 25.6 Å². The second kappa shape index (κ2) is 8.48. The minimum atomic E-state index is -4.50. The van der Waals surface area contributed by atoms with Crippen LogP contribution in [0.5, 0.6) is 5.88 Å². The van der Waals surface area contributed by atoms with Crippen molar-refractivity contribution in [2.24, 2.45) is 0 Å². The Bertz CT molecular complexity index is 1010. The largest absolute Gasteiger partial charge is 0.481 e. The Hall–Kier alpha value is -3.13. The van der Waals surface area contributed by atoms with Gasteiger partial charge in [-0.05, 0) is 24.3 Å². The molecule has 0 atom stereocenters. The smallest absolute Gasteiger partial charge is 0.405 e. The third-order valence-corrected chi connectivity index (χ3v) is 4.23. The van der Waals surface area contributed by atoms with Crippen LogP contribution in [0.1, 0.15) is 10.4 Å². The van der Waals surface area contributed by atoms with Crippen LogP contribution in [-0.2, 0) is 0 Å². The van der Waals surface area contributed by atoms with E-state index in [0.29, 0.717) is 27.7 Å². The summed E-state index contributed by atoms with van der Waals surface area (Å²) in [4.78, 5) is 20.6. The molecule has 9 heteroatoms. The molecule has 29 heavy (non-hydrogen) atoms. The van der Waals surface area contributed by atoms with Gasteiger partial charge in [-0.2, -0.15) is 13.2 Å². The summed E-state index contributed by atoms with van der Waals surface area (Å²) in [6.45, 7) is -1.43. The molecule has 0 fully saturated rings. The number of hydrogen-bond donors (Lipinski definition) is 1. The lowest BCUT2D eigenvalue weighted by atomic mass is 9.99. The third kappa shape index (κ3) is 5.23. The minimum Gasteiger partial charge on any atom is -0.481 e. The zero-order valence-corrected chi connectivity index (χ0v) is 15.9. The molecule has 5 nitrogen and oxygen atoms in total. The van der Waals surface area contributed by atoms with Gasteiger partial charge in [-0.3, -0.25) is 9.78 Å². The van der Waals surface area contributed by atoms with E-state index in [1.807, 2.05) is 5.32 Å². The molecule has 0 unspecified atom stereocenters. The van der Waals surface area contributed by atoms with E-state index in [2.05, 4.69) is 9.97 Å². The first kappa shape index (κ1) is 20.6. The van der Waals surface area contributed by atoms with Crippen molar-refractivity contribution in [3.05, 3.63) is 65.4 Å². The van der Waals surface area contributed by atoms with Crippen LogP contribution in [0.4, 0.5) is 13.2 Å². The zero-order valence-electron chi connectivity index (χ0n) is 15.1. The Morgan fingerprint density at radius 3 is 2.34 bits per heavy atom. The summed E-state index contributed by atoms with van der Waals surface area (Å²) in [6.07, 6.45) is -1.74. The van der Waals surface area contributed by atoms with Crippen LogP contribution in [0.3, 0.4) is 0 Å². The molecule has 0 bridgehead atoms. The normalized spacial score (nSPS) is 11.2. The molecular weight excluding hydrogens is 407 g/mol. The van der Waals surface area contributed by atoms with Gasteiger partial charge in [-0.25, -0.2) is 4.98 Å². The van der Waals surface area contributed by atoms with Crippen molar-refractivity contribution < 1.29 is 22.7 Å². The van der Waals surface area contributed by atoms with Crippen molar-refractivity contribution in [1.29, 1.82) is 0 Å². The van der Waals surface area contributed by atoms with Gasteiger partial charge in [-0.15, -0.1) is 0 Å². The maximum absolute atomic E-state index is 12.4. The van der Waals surface area contributed by atoms with Crippen LogP contribution in [0, 0.1) is 0 Å². The number of alkyl halides is 3. The molecule has 0 aliphatic carbocycles. The molecule has 1 aromatic carbocycles. The van der Waals surface area contributed by atoms with E-state index in [1.54, 1.807) is 36.4 Å². The van der Waals surface area contributed by atoms with Gasteiger partial charge in [0.2, 0.25) is 5.88 Å². The van der Waals surface area contributed by atoms with Crippen molar-refractivity contribution in [2.75, 3.05) is 13.7 Å². The Kier molecular flexibility index (Phi) is 6.03. The molecule has 3 rings (SSSR count). The van der Waals surface area contributed by atoms with Gasteiger partial charge in [0.25, 0.3) is 5.91 Å². The fourth-order valence-electron chi connectivity index (χ4n) is 2.59. The lowest BCUT2D eigenvalue weighted by Crippen LogP contribution is -2.33. The molecule has 0 aliphatic heterocycles. The number of carbonyl (C=O) groups is 1.